The van der Waals surface area contributed by atoms with E-state index in [9.17, 15) is 0 Å². The molecular formula is C15H22N4. The lowest BCUT2D eigenvalue weighted by Gasteiger charge is -2.32. The van der Waals surface area contributed by atoms with E-state index in [1.165, 1.54) is 25.7 Å². The SMILES string of the molecule is CC(C)CCC1CCN(c2cnc(C#N)cn2)CC1. The highest BCUT2D eigenvalue weighted by atomic mass is 15.2. The van der Waals surface area contributed by atoms with Crippen molar-refractivity contribution in [3.8, 4) is 6.07 Å². The number of rotatable bonds is 4. The third kappa shape index (κ3) is 3.92. The van der Waals surface area contributed by atoms with Crippen molar-refractivity contribution < 1.29 is 0 Å². The highest BCUT2D eigenvalue weighted by Crippen LogP contribution is 2.25. The summed E-state index contributed by atoms with van der Waals surface area (Å²) < 4.78 is 0. The Kier molecular flexibility index (Phi) is 4.73. The molecule has 0 atom stereocenters. The van der Waals surface area contributed by atoms with E-state index < -0.39 is 0 Å². The van der Waals surface area contributed by atoms with Crippen LogP contribution in [0.4, 0.5) is 5.82 Å². The van der Waals surface area contributed by atoms with Gasteiger partial charge in [0.1, 0.15) is 11.9 Å². The standard InChI is InChI=1S/C15H22N4/c1-12(2)3-4-13-5-7-19(8-6-13)15-11-17-14(9-16)10-18-15/h10-13H,3-8H2,1-2H3. The molecular weight excluding hydrogens is 236 g/mol. The van der Waals surface area contributed by atoms with Gasteiger partial charge < -0.3 is 4.90 Å². The van der Waals surface area contributed by atoms with Gasteiger partial charge in [0.05, 0.1) is 12.4 Å². The molecule has 4 nitrogen and oxygen atoms in total. The van der Waals surface area contributed by atoms with Gasteiger partial charge in [0.15, 0.2) is 5.69 Å². The second kappa shape index (κ2) is 6.51. The Morgan fingerprint density at radius 1 is 1.32 bits per heavy atom. The molecule has 4 heteroatoms. The van der Waals surface area contributed by atoms with Gasteiger partial charge in [0, 0.05) is 13.1 Å². The van der Waals surface area contributed by atoms with Gasteiger partial charge in [0.2, 0.25) is 0 Å². The first-order valence-electron chi connectivity index (χ1n) is 7.16. The van der Waals surface area contributed by atoms with Crippen LogP contribution in [0.1, 0.15) is 45.2 Å². The number of nitriles is 1. The quantitative estimate of drug-likeness (QED) is 0.833. The van der Waals surface area contributed by atoms with Crippen molar-refractivity contribution >= 4 is 5.82 Å². The van der Waals surface area contributed by atoms with Crippen LogP contribution in [-0.2, 0) is 0 Å². The van der Waals surface area contributed by atoms with E-state index in [1.54, 1.807) is 12.4 Å². The molecule has 0 spiro atoms. The third-order valence-electron chi connectivity index (χ3n) is 3.84. The zero-order valence-electron chi connectivity index (χ0n) is 11.8. The molecule has 1 aromatic heterocycles. The number of hydrogen-bond acceptors (Lipinski definition) is 4. The van der Waals surface area contributed by atoms with Gasteiger partial charge in [0.25, 0.3) is 0 Å². The normalized spacial score (nSPS) is 16.6. The van der Waals surface area contributed by atoms with Crippen LogP contribution in [0.25, 0.3) is 0 Å². The number of hydrogen-bond donors (Lipinski definition) is 0. The Labute approximate surface area is 115 Å². The van der Waals surface area contributed by atoms with Crippen LogP contribution in [0.5, 0.6) is 0 Å². The topological polar surface area (TPSA) is 52.8 Å². The Morgan fingerprint density at radius 3 is 2.58 bits per heavy atom. The Hall–Kier alpha value is -1.63. The summed E-state index contributed by atoms with van der Waals surface area (Å²) in [6.45, 7) is 6.70. The van der Waals surface area contributed by atoms with Gasteiger partial charge in [-0.15, -0.1) is 0 Å². The van der Waals surface area contributed by atoms with Crippen LogP contribution in [0.2, 0.25) is 0 Å². The van der Waals surface area contributed by atoms with E-state index in [2.05, 4.69) is 28.7 Å². The summed E-state index contributed by atoms with van der Waals surface area (Å²) in [6, 6.07) is 2.00. The third-order valence-corrected chi connectivity index (χ3v) is 3.84. The van der Waals surface area contributed by atoms with Crippen molar-refractivity contribution in [3.63, 3.8) is 0 Å². The second-order valence-corrected chi connectivity index (χ2v) is 5.77. The summed E-state index contributed by atoms with van der Waals surface area (Å²) in [5, 5.41) is 8.71. The van der Waals surface area contributed by atoms with E-state index in [0.717, 1.165) is 30.7 Å². The zero-order chi connectivity index (χ0) is 13.7. The summed E-state index contributed by atoms with van der Waals surface area (Å²) in [5.41, 5.74) is 0.385. The predicted octanol–water partition coefficient (Wildman–Crippen LogP) is 3.00. The summed E-state index contributed by atoms with van der Waals surface area (Å²) in [6.07, 6.45) is 8.45. The number of piperidine rings is 1. The van der Waals surface area contributed by atoms with Gasteiger partial charge in [-0.1, -0.05) is 26.7 Å². The lowest BCUT2D eigenvalue weighted by Crippen LogP contribution is -2.34. The molecule has 0 aliphatic carbocycles. The highest BCUT2D eigenvalue weighted by molar-refractivity contribution is 5.37. The average Bonchev–Trinajstić information content (AvgIpc) is 2.46. The average molecular weight is 258 g/mol. The van der Waals surface area contributed by atoms with E-state index in [1.807, 2.05) is 6.07 Å². The summed E-state index contributed by atoms with van der Waals surface area (Å²) in [7, 11) is 0. The Bertz CT molecular complexity index is 424. The molecule has 0 amide bonds. The van der Waals surface area contributed by atoms with Gasteiger partial charge in [-0.05, 0) is 24.7 Å². The van der Waals surface area contributed by atoms with Crippen molar-refractivity contribution in [2.75, 3.05) is 18.0 Å². The van der Waals surface area contributed by atoms with Gasteiger partial charge >= 0.3 is 0 Å². The van der Waals surface area contributed by atoms with Gasteiger partial charge in [-0.25, -0.2) is 9.97 Å². The maximum atomic E-state index is 8.71. The molecule has 1 aromatic rings. The fraction of sp³-hybridized carbons (Fsp3) is 0.667. The molecule has 1 fully saturated rings. The fourth-order valence-electron chi connectivity index (χ4n) is 2.56. The van der Waals surface area contributed by atoms with Crippen molar-refractivity contribution in [1.82, 2.24) is 9.97 Å². The molecule has 0 saturated carbocycles. The van der Waals surface area contributed by atoms with Crippen LogP contribution >= 0.6 is 0 Å². The van der Waals surface area contributed by atoms with Crippen LogP contribution in [0.15, 0.2) is 12.4 Å². The molecule has 19 heavy (non-hydrogen) atoms. The molecule has 1 aliphatic heterocycles. The molecule has 0 aromatic carbocycles. The van der Waals surface area contributed by atoms with Gasteiger partial charge in [-0.3, -0.25) is 0 Å². The van der Waals surface area contributed by atoms with Crippen LogP contribution in [0, 0.1) is 23.2 Å². The lowest BCUT2D eigenvalue weighted by molar-refractivity contribution is 0.350. The lowest BCUT2D eigenvalue weighted by atomic mass is 9.90. The number of nitrogens with zero attached hydrogens (tertiary/aromatic N) is 4. The molecule has 0 N–H and O–H groups in total. The van der Waals surface area contributed by atoms with Gasteiger partial charge in [-0.2, -0.15) is 5.26 Å². The fourth-order valence-corrected chi connectivity index (χ4v) is 2.56. The molecule has 1 saturated heterocycles. The largest absolute Gasteiger partial charge is 0.355 e. The molecule has 2 rings (SSSR count). The smallest absolute Gasteiger partial charge is 0.158 e. The minimum Gasteiger partial charge on any atom is -0.355 e. The van der Waals surface area contributed by atoms with Crippen molar-refractivity contribution in [2.24, 2.45) is 11.8 Å². The summed E-state index contributed by atoms with van der Waals surface area (Å²) in [4.78, 5) is 10.7. The first kappa shape index (κ1) is 13.8. The van der Waals surface area contributed by atoms with Crippen LogP contribution < -0.4 is 4.90 Å². The monoisotopic (exact) mass is 258 g/mol. The van der Waals surface area contributed by atoms with Crippen LogP contribution in [0.3, 0.4) is 0 Å². The number of aromatic nitrogens is 2. The minimum absolute atomic E-state index is 0.385. The summed E-state index contributed by atoms with van der Waals surface area (Å²) in [5.74, 6) is 2.58. The Balaban J connectivity index is 1.84. The minimum atomic E-state index is 0.385. The summed E-state index contributed by atoms with van der Waals surface area (Å²) >= 11 is 0. The molecule has 0 bridgehead atoms. The van der Waals surface area contributed by atoms with Crippen molar-refractivity contribution in [3.05, 3.63) is 18.1 Å². The maximum Gasteiger partial charge on any atom is 0.158 e. The Morgan fingerprint density at radius 2 is 2.05 bits per heavy atom. The molecule has 2 heterocycles. The van der Waals surface area contributed by atoms with E-state index >= 15 is 0 Å². The van der Waals surface area contributed by atoms with Crippen molar-refractivity contribution in [1.29, 1.82) is 5.26 Å². The molecule has 0 unspecified atom stereocenters. The second-order valence-electron chi connectivity index (χ2n) is 5.77. The number of anilines is 1. The van der Waals surface area contributed by atoms with Crippen LogP contribution in [-0.4, -0.2) is 23.1 Å². The first-order valence-corrected chi connectivity index (χ1v) is 7.16. The van der Waals surface area contributed by atoms with E-state index in [4.69, 9.17) is 5.26 Å². The molecule has 1 aliphatic rings. The maximum absolute atomic E-state index is 8.71. The first-order chi connectivity index (χ1) is 9.19. The predicted molar refractivity (Wildman–Crippen MR) is 75.8 cm³/mol. The highest BCUT2D eigenvalue weighted by Gasteiger charge is 2.20. The molecule has 102 valence electrons. The van der Waals surface area contributed by atoms with Crippen molar-refractivity contribution in [2.45, 2.75) is 39.5 Å². The van der Waals surface area contributed by atoms with E-state index in [0.29, 0.717) is 5.69 Å². The molecule has 0 radical (unpaired) electrons. The van der Waals surface area contributed by atoms with E-state index in [-0.39, 0.29) is 0 Å². The zero-order valence-corrected chi connectivity index (χ0v) is 11.8.